The third kappa shape index (κ3) is 4.19. The van der Waals surface area contributed by atoms with Crippen molar-refractivity contribution in [2.45, 2.75) is 33.6 Å². The Balaban J connectivity index is 1.49. The van der Waals surface area contributed by atoms with Gasteiger partial charge in [-0.05, 0) is 87.3 Å². The number of nitro benzene ring substituents is 1. The van der Waals surface area contributed by atoms with Crippen LogP contribution in [-0.4, -0.2) is 33.7 Å². The summed E-state index contributed by atoms with van der Waals surface area (Å²) in [6.07, 6.45) is 3.80. The van der Waals surface area contributed by atoms with Gasteiger partial charge in [-0.25, -0.2) is 4.90 Å². The highest BCUT2D eigenvalue weighted by molar-refractivity contribution is 8.19. The Hall–Kier alpha value is -3.85. The molecule has 1 aromatic heterocycles. The van der Waals surface area contributed by atoms with Crippen molar-refractivity contribution in [3.05, 3.63) is 86.1 Å². The fraction of sp³-hybridized carbons (Fsp3) is 0.259. The summed E-state index contributed by atoms with van der Waals surface area (Å²) in [5, 5.41) is 11.5. The molecule has 2 fully saturated rings. The van der Waals surface area contributed by atoms with Crippen molar-refractivity contribution in [2.75, 3.05) is 22.9 Å². The van der Waals surface area contributed by atoms with E-state index in [9.17, 15) is 19.7 Å². The fourth-order valence-electron chi connectivity index (χ4n) is 4.88. The Bertz CT molecular complexity index is 1420. The third-order valence-electron chi connectivity index (χ3n) is 6.70. The zero-order valence-corrected chi connectivity index (χ0v) is 21.2. The van der Waals surface area contributed by atoms with Gasteiger partial charge < -0.3 is 9.47 Å². The van der Waals surface area contributed by atoms with Gasteiger partial charge in [0.25, 0.3) is 16.8 Å². The number of nitrogens with zero attached hydrogens (tertiary/aromatic N) is 4. The van der Waals surface area contributed by atoms with E-state index >= 15 is 0 Å². The molecule has 3 heterocycles. The molecule has 9 heteroatoms. The number of aryl methyl sites for hydroxylation is 2. The molecule has 3 aromatic rings. The maximum Gasteiger partial charge on any atom is 0.298 e. The minimum absolute atomic E-state index is 0.0858. The molecular formula is C27H26N4O4S. The summed E-state index contributed by atoms with van der Waals surface area (Å²) in [6.45, 7) is 7.42. The molecule has 184 valence electrons. The van der Waals surface area contributed by atoms with Gasteiger partial charge >= 0.3 is 0 Å². The predicted octanol–water partition coefficient (Wildman–Crippen LogP) is 6.15. The largest absolute Gasteiger partial charge is 0.366 e. The first-order chi connectivity index (χ1) is 17.2. The number of carbonyl (C=O) groups excluding carboxylic acids is 2. The molecule has 0 spiro atoms. The Morgan fingerprint density at radius 3 is 2.28 bits per heavy atom. The number of rotatable bonds is 5. The van der Waals surface area contributed by atoms with E-state index in [1.807, 2.05) is 55.7 Å². The molecule has 2 aliphatic heterocycles. The van der Waals surface area contributed by atoms with Gasteiger partial charge in [0.15, 0.2) is 0 Å². The number of amides is 2. The summed E-state index contributed by atoms with van der Waals surface area (Å²) in [4.78, 5) is 40.9. The average molecular weight is 503 g/mol. The molecule has 2 aromatic carbocycles. The Kier molecular flexibility index (Phi) is 6.17. The molecule has 0 aliphatic carbocycles. The van der Waals surface area contributed by atoms with E-state index in [1.54, 1.807) is 24.3 Å². The number of benzene rings is 2. The van der Waals surface area contributed by atoms with Crippen molar-refractivity contribution >= 4 is 46.0 Å². The minimum Gasteiger partial charge on any atom is -0.366 e. The second-order valence-corrected chi connectivity index (χ2v) is 10.1. The third-order valence-corrected chi connectivity index (χ3v) is 7.57. The zero-order chi connectivity index (χ0) is 25.6. The highest BCUT2D eigenvalue weighted by Gasteiger charge is 2.36. The molecule has 0 bridgehead atoms. The zero-order valence-electron chi connectivity index (χ0n) is 20.4. The van der Waals surface area contributed by atoms with Crippen LogP contribution in [0, 0.1) is 30.9 Å². The number of anilines is 2. The van der Waals surface area contributed by atoms with Crippen LogP contribution in [0.5, 0.6) is 0 Å². The fourth-order valence-corrected chi connectivity index (χ4v) is 5.71. The van der Waals surface area contributed by atoms with Crippen molar-refractivity contribution in [3.63, 3.8) is 0 Å². The molecule has 2 saturated heterocycles. The van der Waals surface area contributed by atoms with Crippen LogP contribution in [0.15, 0.2) is 53.4 Å². The van der Waals surface area contributed by atoms with E-state index in [1.165, 1.54) is 4.90 Å². The monoisotopic (exact) mass is 502 g/mol. The molecular weight excluding hydrogens is 476 g/mol. The van der Waals surface area contributed by atoms with Crippen LogP contribution in [0.1, 0.15) is 35.4 Å². The van der Waals surface area contributed by atoms with Crippen molar-refractivity contribution in [1.29, 1.82) is 0 Å². The molecule has 0 radical (unpaired) electrons. The Labute approximate surface area is 213 Å². The summed E-state index contributed by atoms with van der Waals surface area (Å²) in [6, 6.07) is 14.5. The van der Waals surface area contributed by atoms with Gasteiger partial charge in [0.2, 0.25) is 0 Å². The van der Waals surface area contributed by atoms with Gasteiger partial charge in [-0.15, -0.1) is 0 Å². The normalized spacial score (nSPS) is 17.0. The molecule has 2 aliphatic rings. The van der Waals surface area contributed by atoms with E-state index in [2.05, 4.69) is 4.90 Å². The summed E-state index contributed by atoms with van der Waals surface area (Å²) in [5.74, 6) is -0.357. The smallest absolute Gasteiger partial charge is 0.298 e. The van der Waals surface area contributed by atoms with E-state index in [0.717, 1.165) is 60.2 Å². The average Bonchev–Trinajstić information content (AvgIpc) is 3.54. The Morgan fingerprint density at radius 2 is 1.61 bits per heavy atom. The topological polar surface area (TPSA) is 88.7 Å². The number of hydrogen-bond donors (Lipinski definition) is 0. The van der Waals surface area contributed by atoms with E-state index in [4.69, 9.17) is 0 Å². The van der Waals surface area contributed by atoms with Gasteiger partial charge in [0, 0.05) is 30.5 Å². The lowest BCUT2D eigenvalue weighted by atomic mass is 10.2. The SMILES string of the molecule is Cc1ccc(N2C(=O)S/C(=C\c3cc(C)n(-c4ccc(N5CCCC5)c([N+](=O)[O-])c4)c3C)C2=O)cc1. The first kappa shape index (κ1) is 23.9. The predicted molar refractivity (Wildman–Crippen MR) is 143 cm³/mol. The van der Waals surface area contributed by atoms with Crippen LogP contribution in [0.25, 0.3) is 11.8 Å². The molecule has 0 N–H and O–H groups in total. The summed E-state index contributed by atoms with van der Waals surface area (Å²) in [5.41, 5.74) is 5.50. The van der Waals surface area contributed by atoms with Crippen molar-refractivity contribution < 1.29 is 14.5 Å². The van der Waals surface area contributed by atoms with Crippen molar-refractivity contribution in [2.24, 2.45) is 0 Å². The van der Waals surface area contributed by atoms with Crippen LogP contribution in [0.4, 0.5) is 21.9 Å². The lowest BCUT2D eigenvalue weighted by molar-refractivity contribution is -0.384. The Morgan fingerprint density at radius 1 is 0.944 bits per heavy atom. The van der Waals surface area contributed by atoms with Gasteiger partial charge in [-0.3, -0.25) is 19.7 Å². The maximum absolute atomic E-state index is 13.1. The first-order valence-corrected chi connectivity index (χ1v) is 12.6. The standard InChI is InChI=1S/C27H26N4O4S/c1-17-6-8-21(9-7-17)30-26(32)25(36-27(30)33)15-20-14-18(2)29(19(20)3)22-10-11-23(24(16-22)31(34)35)28-12-4-5-13-28/h6-11,14-16H,4-5,12-13H2,1-3H3/b25-15-. The molecule has 2 amide bonds. The van der Waals surface area contributed by atoms with Crippen LogP contribution < -0.4 is 9.80 Å². The molecule has 0 unspecified atom stereocenters. The number of thioether (sulfide) groups is 1. The molecule has 0 saturated carbocycles. The molecule has 0 atom stereocenters. The number of nitro groups is 1. The molecule has 5 rings (SSSR count). The van der Waals surface area contributed by atoms with Crippen molar-refractivity contribution in [3.8, 4) is 5.69 Å². The second-order valence-electron chi connectivity index (χ2n) is 9.14. The van der Waals surface area contributed by atoms with E-state index in [-0.39, 0.29) is 21.8 Å². The number of carbonyl (C=O) groups is 2. The maximum atomic E-state index is 13.1. The second kappa shape index (κ2) is 9.31. The van der Waals surface area contributed by atoms with Crippen LogP contribution in [0.2, 0.25) is 0 Å². The molecule has 36 heavy (non-hydrogen) atoms. The van der Waals surface area contributed by atoms with Crippen LogP contribution >= 0.6 is 11.8 Å². The summed E-state index contributed by atoms with van der Waals surface area (Å²) < 4.78 is 1.94. The summed E-state index contributed by atoms with van der Waals surface area (Å²) in [7, 11) is 0. The van der Waals surface area contributed by atoms with Crippen LogP contribution in [0.3, 0.4) is 0 Å². The van der Waals surface area contributed by atoms with E-state index < -0.39 is 0 Å². The van der Waals surface area contributed by atoms with E-state index in [0.29, 0.717) is 22.0 Å². The lowest BCUT2D eigenvalue weighted by Crippen LogP contribution is -2.27. The van der Waals surface area contributed by atoms with Gasteiger partial charge in [0.05, 0.1) is 21.2 Å². The molecule has 8 nitrogen and oxygen atoms in total. The highest BCUT2D eigenvalue weighted by atomic mass is 32.2. The number of hydrogen-bond acceptors (Lipinski definition) is 6. The summed E-state index contributed by atoms with van der Waals surface area (Å²) >= 11 is 0.912. The van der Waals surface area contributed by atoms with Gasteiger partial charge in [-0.2, -0.15) is 0 Å². The van der Waals surface area contributed by atoms with Crippen molar-refractivity contribution in [1.82, 2.24) is 4.57 Å². The highest BCUT2D eigenvalue weighted by Crippen LogP contribution is 2.38. The quantitative estimate of drug-likeness (QED) is 0.236. The van der Waals surface area contributed by atoms with Crippen LogP contribution in [-0.2, 0) is 4.79 Å². The lowest BCUT2D eigenvalue weighted by Gasteiger charge is -2.19. The van der Waals surface area contributed by atoms with Gasteiger partial charge in [0.1, 0.15) is 5.69 Å². The van der Waals surface area contributed by atoms with Gasteiger partial charge in [-0.1, -0.05) is 17.7 Å². The first-order valence-electron chi connectivity index (χ1n) is 11.8. The number of aromatic nitrogens is 1. The minimum atomic E-state index is -0.357. The number of imide groups is 1.